The van der Waals surface area contributed by atoms with Crippen LogP contribution in [0.3, 0.4) is 0 Å². The molecule has 6 nitrogen and oxygen atoms in total. The van der Waals surface area contributed by atoms with Gasteiger partial charge in [0.1, 0.15) is 0 Å². The van der Waals surface area contributed by atoms with Crippen LogP contribution in [0.15, 0.2) is 29.3 Å². The minimum absolute atomic E-state index is 0.271. The fourth-order valence-electron chi connectivity index (χ4n) is 2.45. The van der Waals surface area contributed by atoms with E-state index >= 15 is 0 Å². The monoisotopic (exact) mass is 324 g/mol. The van der Waals surface area contributed by atoms with E-state index in [0.29, 0.717) is 32.1 Å². The Kier molecular flexibility index (Phi) is 5.79. The number of nitrogens with zero attached hydrogens (tertiary/aromatic N) is 2. The number of rotatable bonds is 5. The van der Waals surface area contributed by atoms with Crippen molar-refractivity contribution in [3.63, 3.8) is 0 Å². The van der Waals surface area contributed by atoms with Crippen molar-refractivity contribution in [1.82, 2.24) is 14.9 Å². The zero-order valence-electron chi connectivity index (χ0n) is 13.2. The van der Waals surface area contributed by atoms with E-state index in [1.54, 1.807) is 7.05 Å². The van der Waals surface area contributed by atoms with Crippen LogP contribution >= 0.6 is 0 Å². The molecule has 0 amide bonds. The molecule has 1 aliphatic heterocycles. The first-order chi connectivity index (χ1) is 10.5. The highest BCUT2D eigenvalue weighted by Crippen LogP contribution is 2.11. The molecule has 0 radical (unpaired) electrons. The van der Waals surface area contributed by atoms with Gasteiger partial charge in [0.15, 0.2) is 5.96 Å². The molecule has 1 aromatic carbocycles. The van der Waals surface area contributed by atoms with Gasteiger partial charge >= 0.3 is 0 Å². The minimum atomic E-state index is -3.02. The molecule has 0 unspecified atom stereocenters. The van der Waals surface area contributed by atoms with Crippen molar-refractivity contribution in [1.29, 1.82) is 0 Å². The molecule has 0 aromatic heterocycles. The third-order valence-corrected chi connectivity index (χ3v) is 5.74. The maximum Gasteiger partial charge on any atom is 0.214 e. The number of hydrogen-bond acceptors (Lipinski definition) is 3. The summed E-state index contributed by atoms with van der Waals surface area (Å²) in [5.41, 5.74) is 2.45. The molecule has 1 aliphatic rings. The molecule has 0 spiro atoms. The first-order valence-corrected chi connectivity index (χ1v) is 9.11. The zero-order chi connectivity index (χ0) is 16.0. The van der Waals surface area contributed by atoms with Gasteiger partial charge in [-0.2, -0.15) is 0 Å². The number of guanidine groups is 1. The maximum atomic E-state index is 11.7. The van der Waals surface area contributed by atoms with Crippen LogP contribution in [0.4, 0.5) is 0 Å². The van der Waals surface area contributed by atoms with Crippen molar-refractivity contribution >= 4 is 16.0 Å². The molecule has 0 atom stereocenters. The second kappa shape index (κ2) is 7.60. The van der Waals surface area contributed by atoms with Crippen LogP contribution < -0.4 is 10.6 Å². The van der Waals surface area contributed by atoms with Crippen LogP contribution in [-0.4, -0.2) is 51.1 Å². The molecule has 1 fully saturated rings. The Balaban J connectivity index is 1.77. The quantitative estimate of drug-likeness (QED) is 0.617. The Bertz CT molecular complexity index is 628. The van der Waals surface area contributed by atoms with Crippen molar-refractivity contribution in [3.8, 4) is 0 Å². The predicted octanol–water partition coefficient (Wildman–Crippen LogP) is 0.696. The van der Waals surface area contributed by atoms with E-state index in [1.165, 1.54) is 15.4 Å². The normalized spacial score (nSPS) is 18.4. The van der Waals surface area contributed by atoms with Gasteiger partial charge in [0, 0.05) is 33.2 Å². The van der Waals surface area contributed by atoms with Gasteiger partial charge in [0.2, 0.25) is 10.0 Å². The fraction of sp³-hybridized carbons (Fsp3) is 0.533. The average Bonchev–Trinajstić information content (AvgIpc) is 2.83. The SMILES string of the molecule is CN=C(NCCN1CCCS1(=O)=O)NCc1ccccc1C. The first kappa shape index (κ1) is 16.8. The molecular weight excluding hydrogens is 300 g/mol. The van der Waals surface area contributed by atoms with Gasteiger partial charge in [0.05, 0.1) is 5.75 Å². The number of hydrogen-bond donors (Lipinski definition) is 2. The van der Waals surface area contributed by atoms with Gasteiger partial charge in [-0.3, -0.25) is 4.99 Å². The highest BCUT2D eigenvalue weighted by Gasteiger charge is 2.27. The molecule has 7 heteroatoms. The van der Waals surface area contributed by atoms with Crippen molar-refractivity contribution < 1.29 is 8.42 Å². The summed E-state index contributed by atoms with van der Waals surface area (Å²) in [6, 6.07) is 8.18. The summed E-state index contributed by atoms with van der Waals surface area (Å²) in [6.07, 6.45) is 0.725. The summed E-state index contributed by atoms with van der Waals surface area (Å²) in [6.45, 7) is 4.42. The van der Waals surface area contributed by atoms with Crippen molar-refractivity contribution in [2.75, 3.05) is 32.4 Å². The Morgan fingerprint density at radius 3 is 2.73 bits per heavy atom. The molecule has 122 valence electrons. The van der Waals surface area contributed by atoms with Gasteiger partial charge in [0.25, 0.3) is 0 Å². The summed E-state index contributed by atoms with van der Waals surface area (Å²) >= 11 is 0. The van der Waals surface area contributed by atoms with Gasteiger partial charge < -0.3 is 10.6 Å². The molecular formula is C15H24N4O2S. The molecule has 2 N–H and O–H groups in total. The molecule has 0 saturated carbocycles. The van der Waals surface area contributed by atoms with Crippen LogP contribution in [-0.2, 0) is 16.6 Å². The van der Waals surface area contributed by atoms with Crippen LogP contribution in [0.25, 0.3) is 0 Å². The summed E-state index contributed by atoms with van der Waals surface area (Å²) in [5.74, 6) is 0.952. The van der Waals surface area contributed by atoms with E-state index in [1.807, 2.05) is 12.1 Å². The van der Waals surface area contributed by atoms with E-state index in [9.17, 15) is 8.42 Å². The first-order valence-electron chi connectivity index (χ1n) is 7.50. The number of aryl methyl sites for hydroxylation is 1. The molecule has 22 heavy (non-hydrogen) atoms. The van der Waals surface area contributed by atoms with E-state index in [-0.39, 0.29) is 5.75 Å². The average molecular weight is 324 g/mol. The second-order valence-electron chi connectivity index (χ2n) is 5.35. The van der Waals surface area contributed by atoms with Crippen LogP contribution in [0.5, 0.6) is 0 Å². The predicted molar refractivity (Wildman–Crippen MR) is 89.4 cm³/mol. The number of aliphatic imine (C=N–C) groups is 1. The lowest BCUT2D eigenvalue weighted by Gasteiger charge is -2.17. The van der Waals surface area contributed by atoms with E-state index in [0.717, 1.165) is 6.42 Å². The topological polar surface area (TPSA) is 73.8 Å². The molecule has 1 heterocycles. The Labute approximate surface area is 132 Å². The Hall–Kier alpha value is -1.60. The van der Waals surface area contributed by atoms with E-state index in [2.05, 4.69) is 34.7 Å². The number of benzene rings is 1. The molecule has 1 saturated heterocycles. The molecule has 0 aliphatic carbocycles. The van der Waals surface area contributed by atoms with Gasteiger partial charge in [-0.15, -0.1) is 0 Å². The van der Waals surface area contributed by atoms with Crippen LogP contribution in [0, 0.1) is 6.92 Å². The smallest absolute Gasteiger partial charge is 0.214 e. The summed E-state index contributed by atoms with van der Waals surface area (Å²) in [7, 11) is -1.31. The highest BCUT2D eigenvalue weighted by molar-refractivity contribution is 7.89. The second-order valence-corrected chi connectivity index (χ2v) is 7.44. The Morgan fingerprint density at radius 1 is 1.32 bits per heavy atom. The summed E-state index contributed by atoms with van der Waals surface area (Å²) < 4.78 is 25.0. The lowest BCUT2D eigenvalue weighted by Crippen LogP contribution is -2.41. The van der Waals surface area contributed by atoms with Crippen molar-refractivity contribution in [2.24, 2.45) is 4.99 Å². The third kappa shape index (κ3) is 4.45. The number of nitrogens with one attached hydrogen (secondary N) is 2. The van der Waals surface area contributed by atoms with Crippen LogP contribution in [0.2, 0.25) is 0 Å². The molecule has 0 bridgehead atoms. The summed E-state index contributed by atoms with van der Waals surface area (Å²) in [5, 5.41) is 6.40. The van der Waals surface area contributed by atoms with Gasteiger partial charge in [-0.1, -0.05) is 24.3 Å². The highest BCUT2D eigenvalue weighted by atomic mass is 32.2. The zero-order valence-corrected chi connectivity index (χ0v) is 14.0. The lowest BCUT2D eigenvalue weighted by atomic mass is 10.1. The standard InChI is InChI=1S/C15H24N4O2S/c1-13-6-3-4-7-14(13)12-18-15(16-2)17-8-10-19-9-5-11-22(19,20)21/h3-4,6-7H,5,8-12H2,1-2H3,(H2,16,17,18). The fourth-order valence-corrected chi connectivity index (χ4v) is 3.98. The minimum Gasteiger partial charge on any atom is -0.355 e. The third-order valence-electron chi connectivity index (χ3n) is 3.79. The largest absolute Gasteiger partial charge is 0.355 e. The van der Waals surface area contributed by atoms with Gasteiger partial charge in [-0.25, -0.2) is 12.7 Å². The van der Waals surface area contributed by atoms with E-state index < -0.39 is 10.0 Å². The Morgan fingerprint density at radius 2 is 2.09 bits per heavy atom. The van der Waals surface area contributed by atoms with Crippen molar-refractivity contribution in [3.05, 3.63) is 35.4 Å². The lowest BCUT2D eigenvalue weighted by molar-refractivity contribution is 0.445. The summed E-state index contributed by atoms with van der Waals surface area (Å²) in [4.78, 5) is 4.16. The van der Waals surface area contributed by atoms with E-state index in [4.69, 9.17) is 0 Å². The maximum absolute atomic E-state index is 11.7. The molecule has 1 aromatic rings. The number of sulfonamides is 1. The van der Waals surface area contributed by atoms with Gasteiger partial charge in [-0.05, 0) is 24.5 Å². The molecule has 2 rings (SSSR count). The van der Waals surface area contributed by atoms with Crippen molar-refractivity contribution in [2.45, 2.75) is 19.9 Å². The van der Waals surface area contributed by atoms with Crippen LogP contribution in [0.1, 0.15) is 17.5 Å².